The van der Waals surface area contributed by atoms with Gasteiger partial charge in [0, 0.05) is 55.0 Å². The summed E-state index contributed by atoms with van der Waals surface area (Å²) in [6, 6.07) is 7.74. The van der Waals surface area contributed by atoms with E-state index in [1.165, 1.54) is 18.2 Å². The van der Waals surface area contributed by atoms with E-state index in [-0.39, 0.29) is 62.3 Å². The maximum absolute atomic E-state index is 16.8. The van der Waals surface area contributed by atoms with Crippen molar-refractivity contribution in [2.75, 3.05) is 43.9 Å². The largest absolute Gasteiger partial charge is 0.461 e. The van der Waals surface area contributed by atoms with Gasteiger partial charge in [0.05, 0.1) is 15.8 Å². The molecule has 244 valence electrons. The first kappa shape index (κ1) is 31.2. The van der Waals surface area contributed by atoms with Gasteiger partial charge >= 0.3 is 6.01 Å². The molecule has 4 atom stereocenters. The van der Waals surface area contributed by atoms with E-state index in [9.17, 15) is 18.8 Å². The number of halogens is 3. The smallest absolute Gasteiger partial charge is 0.319 e. The third-order valence-corrected chi connectivity index (χ3v) is 11.1. The van der Waals surface area contributed by atoms with Crippen LogP contribution in [0.4, 0.5) is 24.0 Å². The highest BCUT2D eigenvalue weighted by molar-refractivity contribution is 7.23. The lowest BCUT2D eigenvalue weighted by molar-refractivity contribution is -0.126. The number of aromatic nitrogens is 2. The summed E-state index contributed by atoms with van der Waals surface area (Å²) in [5.74, 6) is -1.000. The molecule has 3 aliphatic heterocycles. The molecule has 0 spiro atoms. The number of nitrogens with zero attached hydrogens (tertiary/aromatic N) is 6. The van der Waals surface area contributed by atoms with E-state index < -0.39 is 23.3 Å². The molecule has 9 nitrogen and oxygen atoms in total. The zero-order chi connectivity index (χ0) is 33.2. The third kappa shape index (κ3) is 5.05. The zero-order valence-corrected chi connectivity index (χ0v) is 26.9. The number of hydrogen-bond acceptors (Lipinski definition) is 9. The Labute approximate surface area is 274 Å². The Hall–Kier alpha value is -4.41. The number of ether oxygens (including phenoxy) is 1. The normalized spacial score (nSPS) is 24.2. The number of carbonyl (C=O) groups excluding carboxylic acids is 1. The summed E-state index contributed by atoms with van der Waals surface area (Å²) in [5.41, 5.74) is 6.08. The van der Waals surface area contributed by atoms with Crippen LogP contribution in [0.25, 0.3) is 32.1 Å². The van der Waals surface area contributed by atoms with E-state index in [0.717, 1.165) is 30.7 Å². The number of nitrogen functional groups attached to an aromatic ring is 1. The van der Waals surface area contributed by atoms with Crippen molar-refractivity contribution in [3.63, 3.8) is 0 Å². The average Bonchev–Trinajstić information content (AvgIpc) is 3.80. The summed E-state index contributed by atoms with van der Waals surface area (Å²) in [5, 5.41) is 10.6. The first-order valence-corrected chi connectivity index (χ1v) is 16.5. The number of nitrogens with two attached hydrogens (primary N) is 1. The number of nitriles is 1. The highest BCUT2D eigenvalue weighted by atomic mass is 32.1. The van der Waals surface area contributed by atoms with Crippen LogP contribution in [0.15, 0.2) is 36.9 Å². The van der Waals surface area contributed by atoms with Crippen LogP contribution in [0.3, 0.4) is 0 Å². The van der Waals surface area contributed by atoms with Crippen molar-refractivity contribution < 1.29 is 22.7 Å². The van der Waals surface area contributed by atoms with E-state index in [0.29, 0.717) is 42.7 Å². The lowest BCUT2D eigenvalue weighted by atomic mass is 9.95. The Morgan fingerprint density at radius 3 is 2.83 bits per heavy atom. The minimum Gasteiger partial charge on any atom is -0.461 e. The number of likely N-dealkylation sites (tertiary alicyclic amines) is 1. The van der Waals surface area contributed by atoms with E-state index in [1.807, 2.05) is 24.9 Å². The minimum atomic E-state index is -0.944. The molecule has 3 fully saturated rings. The second-order valence-electron chi connectivity index (χ2n) is 12.8. The van der Waals surface area contributed by atoms with Crippen LogP contribution in [0.1, 0.15) is 38.2 Å². The summed E-state index contributed by atoms with van der Waals surface area (Å²) in [4.78, 5) is 27.6. The molecule has 0 aliphatic carbocycles. The van der Waals surface area contributed by atoms with Crippen molar-refractivity contribution in [2.24, 2.45) is 0 Å². The van der Waals surface area contributed by atoms with Crippen molar-refractivity contribution in [1.82, 2.24) is 19.8 Å². The predicted octanol–water partition coefficient (Wildman–Crippen LogP) is 5.81. The number of rotatable bonds is 7. The zero-order valence-electron chi connectivity index (χ0n) is 26.1. The van der Waals surface area contributed by atoms with Crippen LogP contribution in [-0.2, 0) is 4.79 Å². The molecular weight excluding hydrogens is 627 g/mol. The number of alkyl halides is 1. The van der Waals surface area contributed by atoms with Gasteiger partial charge in [-0.05, 0) is 56.5 Å². The van der Waals surface area contributed by atoms with Gasteiger partial charge in [0.25, 0.3) is 0 Å². The van der Waals surface area contributed by atoms with Crippen molar-refractivity contribution in [3.05, 3.63) is 54.1 Å². The molecule has 0 unspecified atom stereocenters. The topological polar surface area (TPSA) is 112 Å². The van der Waals surface area contributed by atoms with Crippen LogP contribution < -0.4 is 15.4 Å². The summed E-state index contributed by atoms with van der Waals surface area (Å²) < 4.78 is 52.5. The highest BCUT2D eigenvalue weighted by Crippen LogP contribution is 2.44. The van der Waals surface area contributed by atoms with Gasteiger partial charge in [-0.15, -0.1) is 11.3 Å². The summed E-state index contributed by atoms with van der Waals surface area (Å²) in [6.45, 7) is 7.32. The maximum Gasteiger partial charge on any atom is 0.319 e. The van der Waals surface area contributed by atoms with Crippen LogP contribution in [0, 0.1) is 23.0 Å². The van der Waals surface area contributed by atoms with E-state index >= 15 is 4.39 Å². The lowest BCUT2D eigenvalue weighted by Crippen LogP contribution is -2.43. The molecule has 4 aromatic rings. The predicted molar refractivity (Wildman–Crippen MR) is 176 cm³/mol. The van der Waals surface area contributed by atoms with Gasteiger partial charge in [-0.3, -0.25) is 9.69 Å². The number of likely N-dealkylation sites (N-methyl/N-ethyl adjacent to an activating group) is 1. The fraction of sp³-hybridized carbons (Fsp3) is 0.412. The molecule has 1 amide bonds. The fourth-order valence-corrected chi connectivity index (χ4v) is 8.67. The van der Waals surface area contributed by atoms with E-state index in [4.69, 9.17) is 15.5 Å². The quantitative estimate of drug-likeness (QED) is 0.247. The molecule has 47 heavy (non-hydrogen) atoms. The van der Waals surface area contributed by atoms with Gasteiger partial charge < -0.3 is 20.3 Å². The number of thiophene rings is 1. The van der Waals surface area contributed by atoms with Crippen LogP contribution in [0.2, 0.25) is 0 Å². The van der Waals surface area contributed by atoms with Crippen molar-refractivity contribution in [1.29, 1.82) is 5.26 Å². The van der Waals surface area contributed by atoms with E-state index in [1.54, 1.807) is 17.0 Å². The number of carbonyl (C=O) groups is 1. The van der Waals surface area contributed by atoms with Crippen LogP contribution in [-0.4, -0.2) is 82.8 Å². The third-order valence-electron chi connectivity index (χ3n) is 10.1. The van der Waals surface area contributed by atoms with Gasteiger partial charge in [0.1, 0.15) is 41.0 Å². The van der Waals surface area contributed by atoms with Gasteiger partial charge in [-0.25, -0.2) is 13.2 Å². The Bertz CT molecular complexity index is 1980. The molecule has 3 aliphatic rings. The number of hydrogen-bond donors (Lipinski definition) is 1. The van der Waals surface area contributed by atoms with Crippen molar-refractivity contribution in [3.8, 4) is 23.2 Å². The maximum atomic E-state index is 16.8. The monoisotopic (exact) mass is 661 g/mol. The second-order valence-corrected chi connectivity index (χ2v) is 13.9. The molecule has 5 heterocycles. The Balaban J connectivity index is 1.35. The summed E-state index contributed by atoms with van der Waals surface area (Å²) in [6.07, 6.45) is 3.07. The van der Waals surface area contributed by atoms with Gasteiger partial charge in [-0.2, -0.15) is 15.2 Å². The van der Waals surface area contributed by atoms with Gasteiger partial charge in [-0.1, -0.05) is 18.7 Å². The first-order chi connectivity index (χ1) is 22.5. The summed E-state index contributed by atoms with van der Waals surface area (Å²) >= 11 is 0.941. The molecule has 2 aromatic heterocycles. The molecule has 0 saturated carbocycles. The lowest BCUT2D eigenvalue weighted by Gasteiger charge is -2.31. The number of anilines is 2. The molecule has 2 N–H and O–H groups in total. The van der Waals surface area contributed by atoms with Crippen LogP contribution in [0.5, 0.6) is 6.01 Å². The molecule has 13 heteroatoms. The highest BCUT2D eigenvalue weighted by Gasteiger charge is 2.49. The summed E-state index contributed by atoms with van der Waals surface area (Å²) in [7, 11) is 1.84. The SMILES string of the molecule is C=CC(=O)N1C[C@H](N(C)c2nc(OC[C@@]34CCCN3C[C@H](F)C4)nc3c(F)c(-c4ccc(F)c5sc(N)c(C#N)c45)ccc23)C[C@H]1C. The Morgan fingerprint density at radius 1 is 1.28 bits per heavy atom. The molecule has 3 saturated heterocycles. The minimum absolute atomic E-state index is 0.0193. The molecule has 2 aromatic carbocycles. The standard InChI is InChI=1S/C34H34F3N7O2S/c1-4-26(45)44-16-20(12-18(44)2)42(3)32-23-7-6-22(21-8-9-25(36)30-27(21)24(14-38)31(39)47-30)28(37)29(23)40-33(41-32)46-17-34-10-5-11-43(34)15-19(35)13-34/h4,6-9,18-20H,1,5,10-13,15-17,39H2,2-3H3/t18-,19-,20-,34+/m1/s1. The molecule has 0 radical (unpaired) electrons. The Kier molecular flexibility index (Phi) is 7.75. The molecular formula is C34H34F3N7O2S. The fourth-order valence-electron chi connectivity index (χ4n) is 7.72. The second kappa shape index (κ2) is 11.7. The Morgan fingerprint density at radius 2 is 2.06 bits per heavy atom. The number of fused-ring (bicyclic) bond motifs is 3. The number of amides is 1. The van der Waals surface area contributed by atoms with Gasteiger partial charge in [0.2, 0.25) is 5.91 Å². The van der Waals surface area contributed by atoms with E-state index in [2.05, 4.69) is 16.5 Å². The van der Waals surface area contributed by atoms with Crippen LogP contribution >= 0.6 is 11.3 Å². The first-order valence-electron chi connectivity index (χ1n) is 15.6. The van der Waals surface area contributed by atoms with Crippen molar-refractivity contribution >= 4 is 49.1 Å². The average molecular weight is 662 g/mol. The number of benzene rings is 2. The van der Waals surface area contributed by atoms with Gasteiger partial charge in [0.15, 0.2) is 5.82 Å². The molecule has 7 rings (SSSR count). The molecule has 0 bridgehead atoms. The van der Waals surface area contributed by atoms with Crippen molar-refractivity contribution in [2.45, 2.75) is 56.4 Å².